The summed E-state index contributed by atoms with van der Waals surface area (Å²) in [6, 6.07) is 0. The summed E-state index contributed by atoms with van der Waals surface area (Å²) in [7, 11) is 0. The molecule has 0 unspecified atom stereocenters. The predicted octanol–water partition coefficient (Wildman–Crippen LogP) is 8.64. The Balaban J connectivity index is 3.72. The van der Waals surface area contributed by atoms with E-state index in [1.54, 1.807) is 0 Å². The van der Waals surface area contributed by atoms with Gasteiger partial charge in [0.25, 0.3) is 0 Å². The number of rotatable bonds is 18. The summed E-state index contributed by atoms with van der Waals surface area (Å²) in [5.74, 6) is 1.91. The zero-order chi connectivity index (χ0) is 16.3. The highest BCUT2D eigenvalue weighted by molar-refractivity contribution is 4.89. The van der Waals surface area contributed by atoms with Crippen LogP contribution in [0.4, 0.5) is 0 Å². The minimum Gasteiger partial charge on any atom is -0.0654 e. The van der Waals surface area contributed by atoms with E-state index < -0.39 is 0 Å². The summed E-state index contributed by atoms with van der Waals surface area (Å²) >= 11 is 0. The van der Waals surface area contributed by atoms with Crippen molar-refractivity contribution in [1.82, 2.24) is 0 Å². The Kier molecular flexibility index (Phi) is 19.0. The first-order valence-electron chi connectivity index (χ1n) is 10.7. The molecule has 0 spiro atoms. The predicted molar refractivity (Wildman–Crippen MR) is 103 cm³/mol. The smallest absolute Gasteiger partial charge is 0.0241 e. The molecular weight excluding hydrogens is 264 g/mol. The standard InChI is InChI=1S/C22H45/c1-4-7-10-13-16-19-22(20-17-14-11-8-5-2)21-18-15-12-9-6-3/h4-21H2,1-3H3. The van der Waals surface area contributed by atoms with E-state index in [2.05, 4.69) is 20.8 Å². The van der Waals surface area contributed by atoms with Gasteiger partial charge in [-0.05, 0) is 25.2 Å². The number of hydrogen-bond acceptors (Lipinski definition) is 0. The van der Waals surface area contributed by atoms with Crippen LogP contribution in [0.3, 0.4) is 0 Å². The second kappa shape index (κ2) is 19.0. The summed E-state index contributed by atoms with van der Waals surface area (Å²) in [5.41, 5.74) is 0. The average Bonchev–Trinajstić information content (AvgIpc) is 2.53. The van der Waals surface area contributed by atoms with Gasteiger partial charge in [-0.1, -0.05) is 117 Å². The van der Waals surface area contributed by atoms with Crippen molar-refractivity contribution < 1.29 is 0 Å². The second-order valence-corrected chi connectivity index (χ2v) is 7.24. The van der Waals surface area contributed by atoms with Crippen LogP contribution in [0.5, 0.6) is 0 Å². The Bertz CT molecular complexity index is 151. The maximum absolute atomic E-state index is 2.31. The molecule has 22 heavy (non-hydrogen) atoms. The van der Waals surface area contributed by atoms with Crippen molar-refractivity contribution >= 4 is 0 Å². The van der Waals surface area contributed by atoms with Crippen molar-refractivity contribution in [3.05, 3.63) is 5.92 Å². The second-order valence-electron chi connectivity index (χ2n) is 7.24. The van der Waals surface area contributed by atoms with Gasteiger partial charge in [-0.25, -0.2) is 0 Å². The van der Waals surface area contributed by atoms with E-state index in [1.807, 2.05) is 5.92 Å². The largest absolute Gasteiger partial charge is 0.0654 e. The van der Waals surface area contributed by atoms with E-state index >= 15 is 0 Å². The van der Waals surface area contributed by atoms with Gasteiger partial charge in [0.05, 0.1) is 0 Å². The van der Waals surface area contributed by atoms with Gasteiger partial charge in [0, 0.05) is 0 Å². The van der Waals surface area contributed by atoms with Gasteiger partial charge >= 0.3 is 0 Å². The minimum atomic E-state index is 1.37. The molecule has 0 amide bonds. The van der Waals surface area contributed by atoms with Crippen LogP contribution in [-0.4, -0.2) is 0 Å². The molecule has 133 valence electrons. The molecule has 0 aliphatic heterocycles. The zero-order valence-electron chi connectivity index (χ0n) is 16.2. The fraction of sp³-hybridized carbons (Fsp3) is 0.955. The lowest BCUT2D eigenvalue weighted by Gasteiger charge is -2.16. The molecule has 0 saturated carbocycles. The third-order valence-electron chi connectivity index (χ3n) is 4.90. The Morgan fingerprint density at radius 2 is 0.636 bits per heavy atom. The van der Waals surface area contributed by atoms with Gasteiger partial charge < -0.3 is 0 Å². The number of hydrogen-bond donors (Lipinski definition) is 0. The van der Waals surface area contributed by atoms with Gasteiger partial charge in [-0.2, -0.15) is 0 Å². The quantitative estimate of drug-likeness (QED) is 0.222. The molecule has 0 aromatic carbocycles. The van der Waals surface area contributed by atoms with Crippen molar-refractivity contribution in [1.29, 1.82) is 0 Å². The molecular formula is C22H45. The Labute approximate surface area is 142 Å². The van der Waals surface area contributed by atoms with Gasteiger partial charge in [0.15, 0.2) is 0 Å². The van der Waals surface area contributed by atoms with Gasteiger partial charge in [0.2, 0.25) is 0 Å². The van der Waals surface area contributed by atoms with Crippen molar-refractivity contribution in [2.24, 2.45) is 0 Å². The van der Waals surface area contributed by atoms with Crippen LogP contribution in [0.25, 0.3) is 0 Å². The molecule has 0 heteroatoms. The van der Waals surface area contributed by atoms with E-state index in [0.717, 1.165) is 0 Å². The summed E-state index contributed by atoms with van der Waals surface area (Å²) in [6.45, 7) is 6.93. The van der Waals surface area contributed by atoms with Gasteiger partial charge in [-0.3, -0.25) is 0 Å². The summed E-state index contributed by atoms with van der Waals surface area (Å²) in [6.07, 6.45) is 25.8. The first kappa shape index (κ1) is 22.0. The monoisotopic (exact) mass is 309 g/mol. The molecule has 0 aliphatic carbocycles. The lowest BCUT2D eigenvalue weighted by atomic mass is 9.89. The first-order chi connectivity index (χ1) is 10.8. The molecule has 0 nitrogen and oxygen atoms in total. The lowest BCUT2D eigenvalue weighted by molar-refractivity contribution is 0.518. The summed E-state index contributed by atoms with van der Waals surface area (Å²) in [5, 5.41) is 0. The molecule has 0 fully saturated rings. The van der Waals surface area contributed by atoms with Crippen LogP contribution in [0.1, 0.15) is 136 Å². The molecule has 0 heterocycles. The maximum Gasteiger partial charge on any atom is -0.0241 e. The topological polar surface area (TPSA) is 0 Å². The molecule has 0 aromatic rings. The molecule has 0 N–H and O–H groups in total. The van der Waals surface area contributed by atoms with Gasteiger partial charge in [-0.15, -0.1) is 0 Å². The average molecular weight is 310 g/mol. The molecule has 0 rings (SSSR count). The lowest BCUT2D eigenvalue weighted by Crippen LogP contribution is -1.99. The van der Waals surface area contributed by atoms with Crippen molar-refractivity contribution in [2.45, 2.75) is 136 Å². The zero-order valence-corrected chi connectivity index (χ0v) is 16.2. The molecule has 0 aliphatic rings. The Morgan fingerprint density at radius 1 is 0.364 bits per heavy atom. The van der Waals surface area contributed by atoms with Crippen LogP contribution >= 0.6 is 0 Å². The van der Waals surface area contributed by atoms with E-state index in [4.69, 9.17) is 0 Å². The first-order valence-corrected chi connectivity index (χ1v) is 10.7. The Morgan fingerprint density at radius 3 is 0.909 bits per heavy atom. The fourth-order valence-electron chi connectivity index (χ4n) is 3.31. The van der Waals surface area contributed by atoms with E-state index in [0.29, 0.717) is 0 Å². The molecule has 0 bridgehead atoms. The van der Waals surface area contributed by atoms with Crippen LogP contribution in [0, 0.1) is 5.92 Å². The van der Waals surface area contributed by atoms with Crippen LogP contribution in [0.2, 0.25) is 0 Å². The van der Waals surface area contributed by atoms with Crippen LogP contribution in [-0.2, 0) is 0 Å². The van der Waals surface area contributed by atoms with Crippen molar-refractivity contribution in [3.63, 3.8) is 0 Å². The van der Waals surface area contributed by atoms with Crippen LogP contribution in [0.15, 0.2) is 0 Å². The van der Waals surface area contributed by atoms with Gasteiger partial charge in [0.1, 0.15) is 0 Å². The van der Waals surface area contributed by atoms with E-state index in [1.165, 1.54) is 116 Å². The molecule has 1 radical (unpaired) electrons. The highest BCUT2D eigenvalue weighted by atomic mass is 14.1. The van der Waals surface area contributed by atoms with Crippen LogP contribution < -0.4 is 0 Å². The molecule has 0 saturated heterocycles. The van der Waals surface area contributed by atoms with E-state index in [-0.39, 0.29) is 0 Å². The van der Waals surface area contributed by atoms with E-state index in [9.17, 15) is 0 Å². The highest BCUT2D eigenvalue weighted by Crippen LogP contribution is 2.26. The van der Waals surface area contributed by atoms with Crippen molar-refractivity contribution in [3.8, 4) is 0 Å². The maximum atomic E-state index is 2.31. The minimum absolute atomic E-state index is 1.37. The number of unbranched alkanes of at least 4 members (excludes halogenated alkanes) is 12. The molecule has 0 aromatic heterocycles. The normalized spacial score (nSPS) is 11.5. The molecule has 0 atom stereocenters. The Hall–Kier alpha value is 0. The third-order valence-corrected chi connectivity index (χ3v) is 4.90. The van der Waals surface area contributed by atoms with Crippen molar-refractivity contribution in [2.75, 3.05) is 0 Å². The summed E-state index contributed by atoms with van der Waals surface area (Å²) < 4.78 is 0. The summed E-state index contributed by atoms with van der Waals surface area (Å²) in [4.78, 5) is 0. The highest BCUT2D eigenvalue weighted by Gasteiger charge is 2.09. The fourth-order valence-corrected chi connectivity index (χ4v) is 3.31. The SMILES string of the molecule is CCCCCCC[C](CCCCCCC)CCCCCCC. The third kappa shape index (κ3) is 16.4.